The zero-order valence-corrected chi connectivity index (χ0v) is 18.9. The average molecular weight is 476 g/mol. The van der Waals surface area contributed by atoms with Gasteiger partial charge in [0.05, 0.1) is 24.3 Å². The van der Waals surface area contributed by atoms with Crippen LogP contribution in [-0.2, 0) is 22.4 Å². The second kappa shape index (κ2) is 9.52. The van der Waals surface area contributed by atoms with Crippen LogP contribution in [0.2, 0.25) is 0 Å². The molecular weight excluding hydrogens is 447 g/mol. The summed E-state index contributed by atoms with van der Waals surface area (Å²) in [4.78, 5) is 12.1. The summed E-state index contributed by atoms with van der Waals surface area (Å²) in [5, 5.41) is 11.3. The Balaban J connectivity index is 1.57. The Morgan fingerprint density at radius 3 is 2.47 bits per heavy atom. The highest BCUT2D eigenvalue weighted by molar-refractivity contribution is 5.78. The van der Waals surface area contributed by atoms with E-state index in [1.807, 2.05) is 30.3 Å². The molecule has 1 aromatic heterocycles. The van der Waals surface area contributed by atoms with E-state index in [0.29, 0.717) is 23.7 Å². The summed E-state index contributed by atoms with van der Waals surface area (Å²) in [6.07, 6.45) is -3.28. The van der Waals surface area contributed by atoms with E-state index >= 15 is 0 Å². The molecule has 3 atom stereocenters. The third-order valence-corrected chi connectivity index (χ3v) is 6.43. The molecule has 0 radical (unpaired) electrons. The number of benzene rings is 2. The number of pyridine rings is 1. The maximum absolute atomic E-state index is 14.2. The number of fused-ring (bicyclic) bond motifs is 1. The molecule has 8 heteroatoms. The minimum atomic E-state index is -4.87. The van der Waals surface area contributed by atoms with E-state index in [4.69, 9.17) is 9.47 Å². The normalized spacial score (nSPS) is 21.4. The number of ether oxygens (including phenoxy) is 2. The van der Waals surface area contributed by atoms with Gasteiger partial charge in [0, 0.05) is 24.1 Å². The van der Waals surface area contributed by atoms with Crippen LogP contribution in [0.15, 0.2) is 71.7 Å². The number of alkyl halides is 3. The molecule has 1 aliphatic rings. The number of aliphatic hydroxyl groups is 1. The maximum atomic E-state index is 14.2. The molecule has 0 amide bonds. The predicted molar refractivity (Wildman–Crippen MR) is 122 cm³/mol. The molecule has 2 heterocycles. The second-order valence-electron chi connectivity index (χ2n) is 9.32. The van der Waals surface area contributed by atoms with E-state index in [1.165, 1.54) is 16.8 Å². The highest BCUT2D eigenvalue weighted by Gasteiger charge is 2.55. The fourth-order valence-corrected chi connectivity index (χ4v) is 4.93. The van der Waals surface area contributed by atoms with Crippen molar-refractivity contribution in [3.63, 3.8) is 0 Å². The first kappa shape index (κ1) is 24.4. The summed E-state index contributed by atoms with van der Waals surface area (Å²) in [7, 11) is 0. The fourth-order valence-electron chi connectivity index (χ4n) is 4.93. The summed E-state index contributed by atoms with van der Waals surface area (Å²) in [5.74, 6) is -0.525. The molecule has 0 spiro atoms. The van der Waals surface area contributed by atoms with Crippen LogP contribution < -0.4 is 5.43 Å². The number of hydrogen-bond donors (Lipinski definition) is 1. The lowest BCUT2D eigenvalue weighted by Crippen LogP contribution is -2.50. The fraction of sp³-hybridized carbons (Fsp3) is 0.423. The van der Waals surface area contributed by atoms with Crippen LogP contribution in [0.1, 0.15) is 25.3 Å². The van der Waals surface area contributed by atoms with Gasteiger partial charge in [0.2, 0.25) is 0 Å². The molecule has 0 saturated carbocycles. The largest absolute Gasteiger partial charge is 0.418 e. The molecule has 3 unspecified atom stereocenters. The summed E-state index contributed by atoms with van der Waals surface area (Å²) < 4.78 is 55.2. The molecule has 0 aliphatic carbocycles. The van der Waals surface area contributed by atoms with Crippen molar-refractivity contribution in [3.05, 3.63) is 82.6 Å². The number of halogens is 3. The first-order valence-corrected chi connectivity index (χ1v) is 11.2. The van der Waals surface area contributed by atoms with E-state index in [2.05, 4.69) is 0 Å². The quantitative estimate of drug-likeness (QED) is 0.513. The topological polar surface area (TPSA) is 60.7 Å². The molecule has 5 nitrogen and oxygen atoms in total. The smallest absolute Gasteiger partial charge is 0.379 e. The summed E-state index contributed by atoms with van der Waals surface area (Å²) >= 11 is 0. The predicted octanol–water partition coefficient (Wildman–Crippen LogP) is 4.70. The van der Waals surface area contributed by atoms with Gasteiger partial charge in [0.1, 0.15) is 6.79 Å². The Kier molecular flexibility index (Phi) is 6.85. The van der Waals surface area contributed by atoms with Gasteiger partial charge in [0.25, 0.3) is 0 Å². The van der Waals surface area contributed by atoms with E-state index in [9.17, 15) is 23.1 Å². The molecule has 1 fully saturated rings. The lowest BCUT2D eigenvalue weighted by atomic mass is 9.81. The van der Waals surface area contributed by atoms with Crippen molar-refractivity contribution >= 4 is 10.9 Å². The molecule has 182 valence electrons. The Labute approximate surface area is 195 Å². The number of rotatable bonds is 8. The van der Waals surface area contributed by atoms with Crippen molar-refractivity contribution in [3.8, 4) is 0 Å². The number of nitrogens with zero attached hydrogens (tertiary/aromatic N) is 1. The Morgan fingerprint density at radius 1 is 1.09 bits per heavy atom. The van der Waals surface area contributed by atoms with Crippen LogP contribution in [-0.4, -0.2) is 40.5 Å². The molecule has 1 N–H and O–H groups in total. The van der Waals surface area contributed by atoms with Gasteiger partial charge >= 0.3 is 6.18 Å². The van der Waals surface area contributed by atoms with Crippen molar-refractivity contribution in [1.82, 2.24) is 4.57 Å². The molecule has 1 saturated heterocycles. The number of hydrogen-bond acceptors (Lipinski definition) is 4. The van der Waals surface area contributed by atoms with E-state index in [-0.39, 0.29) is 18.8 Å². The van der Waals surface area contributed by atoms with Crippen LogP contribution in [0, 0.1) is 5.92 Å². The van der Waals surface area contributed by atoms with Crippen LogP contribution in [0.3, 0.4) is 0 Å². The third kappa shape index (κ3) is 5.19. The molecular formula is C26H28F3NO4. The Morgan fingerprint density at radius 2 is 1.79 bits per heavy atom. The summed E-state index contributed by atoms with van der Waals surface area (Å²) in [6, 6.07) is 17.3. The SMILES string of the molecule is CC(CC1(Cc2ccccc2)COCO1)CC(O)(Cn1ccc(=O)c2ccccc21)C(F)(F)F. The average Bonchev–Trinajstić information content (AvgIpc) is 3.23. The first-order valence-electron chi connectivity index (χ1n) is 11.2. The Bertz CT molecular complexity index is 1170. The lowest BCUT2D eigenvalue weighted by Gasteiger charge is -2.36. The molecule has 0 bridgehead atoms. The standard InChI is InChI=1S/C26H28F3NO4/c1-19(13-24(17-33-18-34-24)15-20-7-3-2-4-8-20)14-25(32,26(27,28)29)16-30-12-11-23(31)21-9-5-6-10-22(21)30/h2-12,19,32H,13-18H2,1H3. The van der Waals surface area contributed by atoms with Crippen molar-refractivity contribution in [2.45, 2.75) is 50.1 Å². The van der Waals surface area contributed by atoms with Crippen LogP contribution in [0.25, 0.3) is 10.9 Å². The zero-order chi connectivity index (χ0) is 24.4. The molecule has 2 aromatic carbocycles. The highest BCUT2D eigenvalue weighted by Crippen LogP contribution is 2.40. The minimum absolute atomic E-state index is 0.0898. The van der Waals surface area contributed by atoms with E-state index < -0.39 is 36.3 Å². The zero-order valence-electron chi connectivity index (χ0n) is 18.9. The number of aromatic nitrogens is 1. The van der Waals surface area contributed by atoms with Gasteiger partial charge in [-0.3, -0.25) is 4.79 Å². The van der Waals surface area contributed by atoms with Gasteiger partial charge in [0.15, 0.2) is 11.0 Å². The summed E-state index contributed by atoms with van der Waals surface area (Å²) in [5.41, 5.74) is -2.67. The maximum Gasteiger partial charge on any atom is 0.418 e. The van der Waals surface area contributed by atoms with Crippen LogP contribution in [0.4, 0.5) is 13.2 Å². The highest BCUT2D eigenvalue weighted by atomic mass is 19.4. The molecule has 4 rings (SSSR count). The lowest BCUT2D eigenvalue weighted by molar-refractivity contribution is -0.271. The van der Waals surface area contributed by atoms with E-state index in [1.54, 1.807) is 31.2 Å². The van der Waals surface area contributed by atoms with Gasteiger partial charge < -0.3 is 19.1 Å². The van der Waals surface area contributed by atoms with Gasteiger partial charge in [-0.2, -0.15) is 13.2 Å². The second-order valence-corrected chi connectivity index (χ2v) is 9.32. The molecule has 1 aliphatic heterocycles. The molecule has 3 aromatic rings. The van der Waals surface area contributed by atoms with E-state index in [0.717, 1.165) is 5.56 Å². The first-order chi connectivity index (χ1) is 16.1. The Hall–Kier alpha value is -2.68. The monoisotopic (exact) mass is 475 g/mol. The third-order valence-electron chi connectivity index (χ3n) is 6.43. The molecule has 34 heavy (non-hydrogen) atoms. The van der Waals surface area contributed by atoms with Crippen molar-refractivity contribution in [2.75, 3.05) is 13.4 Å². The van der Waals surface area contributed by atoms with Gasteiger partial charge in [-0.25, -0.2) is 0 Å². The van der Waals surface area contributed by atoms with Crippen LogP contribution in [0.5, 0.6) is 0 Å². The minimum Gasteiger partial charge on any atom is -0.379 e. The van der Waals surface area contributed by atoms with Crippen molar-refractivity contribution in [1.29, 1.82) is 0 Å². The number of para-hydroxylation sites is 1. The van der Waals surface area contributed by atoms with Gasteiger partial charge in [-0.15, -0.1) is 0 Å². The van der Waals surface area contributed by atoms with Crippen molar-refractivity contribution in [2.24, 2.45) is 5.92 Å². The van der Waals surface area contributed by atoms with Crippen LogP contribution >= 0.6 is 0 Å². The summed E-state index contributed by atoms with van der Waals surface area (Å²) in [6.45, 7) is 1.34. The van der Waals surface area contributed by atoms with Gasteiger partial charge in [-0.1, -0.05) is 49.4 Å². The van der Waals surface area contributed by atoms with Gasteiger partial charge in [-0.05, 0) is 36.5 Å². The van der Waals surface area contributed by atoms with Crippen molar-refractivity contribution < 1.29 is 27.8 Å².